The van der Waals surface area contributed by atoms with E-state index in [1.807, 2.05) is 43.3 Å². The number of rotatable bonds is 4. The Morgan fingerprint density at radius 1 is 1.22 bits per heavy atom. The van der Waals surface area contributed by atoms with Crippen LogP contribution in [-0.2, 0) is 10.3 Å². The summed E-state index contributed by atoms with van der Waals surface area (Å²) in [6.07, 6.45) is 2.13. The van der Waals surface area contributed by atoms with Crippen molar-refractivity contribution < 1.29 is 4.74 Å². The lowest BCUT2D eigenvalue weighted by atomic mass is 9.90. The Morgan fingerprint density at radius 2 is 2.00 bits per heavy atom. The van der Waals surface area contributed by atoms with Gasteiger partial charge in [0.1, 0.15) is 10.8 Å². The zero-order chi connectivity index (χ0) is 16.3. The number of unbranched alkanes of at least 4 members (excludes halogenated alkanes) is 1. The Hall–Kier alpha value is -2.07. The van der Waals surface area contributed by atoms with Gasteiger partial charge in [-0.25, -0.2) is 9.98 Å². The molecule has 0 fully saturated rings. The number of hydrogen-bond acceptors (Lipinski definition) is 3. The van der Waals surface area contributed by atoms with Gasteiger partial charge in [-0.15, -0.1) is 0 Å². The number of pyridine rings is 1. The molecule has 4 nitrogen and oxygen atoms in total. The van der Waals surface area contributed by atoms with Gasteiger partial charge in [0.2, 0.25) is 0 Å². The van der Waals surface area contributed by atoms with Gasteiger partial charge in [0.25, 0.3) is 6.02 Å². The number of benzene rings is 1. The molecule has 1 aliphatic heterocycles. The third-order valence-electron chi connectivity index (χ3n) is 3.95. The van der Waals surface area contributed by atoms with Gasteiger partial charge in [-0.3, -0.25) is 0 Å². The smallest absolute Gasteiger partial charge is 0.290 e. The van der Waals surface area contributed by atoms with Crippen LogP contribution >= 0.6 is 11.6 Å². The lowest BCUT2D eigenvalue weighted by molar-refractivity contribution is 0.107. The molecule has 1 aromatic heterocycles. The average molecular weight is 330 g/mol. The van der Waals surface area contributed by atoms with Crippen LogP contribution in [0.5, 0.6) is 0 Å². The van der Waals surface area contributed by atoms with E-state index in [0.29, 0.717) is 11.2 Å². The Balaban J connectivity index is 2.06. The second-order valence-electron chi connectivity index (χ2n) is 5.70. The molecular weight excluding hydrogens is 310 g/mol. The molecule has 1 aromatic carbocycles. The average Bonchev–Trinajstić information content (AvgIpc) is 2.57. The Labute approximate surface area is 141 Å². The second kappa shape index (κ2) is 6.59. The van der Waals surface area contributed by atoms with E-state index < -0.39 is 5.60 Å². The third kappa shape index (κ3) is 3.17. The molecule has 120 valence electrons. The quantitative estimate of drug-likeness (QED) is 0.659. The summed E-state index contributed by atoms with van der Waals surface area (Å²) in [6, 6.07) is 14.2. The number of anilines is 1. The molecule has 1 aliphatic rings. The molecule has 3 rings (SSSR count). The Bertz CT molecular complexity index is 717. The molecular formula is C18H20ClN3O. The van der Waals surface area contributed by atoms with Crippen LogP contribution in [0.3, 0.4) is 0 Å². The van der Waals surface area contributed by atoms with Gasteiger partial charge in [-0.05, 0) is 25.5 Å². The highest BCUT2D eigenvalue weighted by Gasteiger charge is 2.40. The lowest BCUT2D eigenvalue weighted by Gasteiger charge is -2.36. The summed E-state index contributed by atoms with van der Waals surface area (Å²) in [4.78, 5) is 9.03. The van der Waals surface area contributed by atoms with Gasteiger partial charge in [0, 0.05) is 12.1 Å². The number of amidine groups is 1. The SMILES string of the molecule is CCCCN=C1Nc2ccc(Cl)nc2C(C)(c2ccccc2)O1. The number of aromatic nitrogens is 1. The molecule has 0 spiro atoms. The van der Waals surface area contributed by atoms with E-state index in [1.165, 1.54) is 0 Å². The first-order valence-electron chi connectivity index (χ1n) is 7.86. The molecule has 0 aliphatic carbocycles. The number of ether oxygens (including phenoxy) is 1. The summed E-state index contributed by atoms with van der Waals surface area (Å²) in [5.74, 6) is 0. The maximum atomic E-state index is 6.21. The lowest BCUT2D eigenvalue weighted by Crippen LogP contribution is -2.40. The molecule has 0 radical (unpaired) electrons. The van der Waals surface area contributed by atoms with Gasteiger partial charge >= 0.3 is 0 Å². The number of hydrogen-bond donors (Lipinski definition) is 1. The largest absolute Gasteiger partial charge is 0.447 e. The Kier molecular flexibility index (Phi) is 4.53. The van der Waals surface area contributed by atoms with Gasteiger partial charge in [-0.1, -0.05) is 55.3 Å². The highest BCUT2D eigenvalue weighted by Crippen LogP contribution is 2.40. The number of nitrogens with one attached hydrogen (secondary N) is 1. The van der Waals surface area contributed by atoms with Crippen LogP contribution in [0.4, 0.5) is 5.69 Å². The zero-order valence-electron chi connectivity index (χ0n) is 13.3. The monoisotopic (exact) mass is 329 g/mol. The third-order valence-corrected chi connectivity index (χ3v) is 4.16. The van der Waals surface area contributed by atoms with Crippen molar-refractivity contribution in [1.29, 1.82) is 0 Å². The first kappa shape index (κ1) is 15.8. The van der Waals surface area contributed by atoms with Crippen LogP contribution in [0.25, 0.3) is 0 Å². The molecule has 5 heteroatoms. The van der Waals surface area contributed by atoms with Crippen LogP contribution in [0.1, 0.15) is 37.9 Å². The van der Waals surface area contributed by atoms with Crippen molar-refractivity contribution in [2.24, 2.45) is 4.99 Å². The van der Waals surface area contributed by atoms with E-state index in [0.717, 1.165) is 36.3 Å². The van der Waals surface area contributed by atoms with Crippen LogP contribution in [-0.4, -0.2) is 17.6 Å². The predicted octanol–water partition coefficient (Wildman–Crippen LogP) is 4.60. The number of halogens is 1. The minimum absolute atomic E-state index is 0.447. The molecule has 0 saturated heterocycles. The summed E-state index contributed by atoms with van der Waals surface area (Å²) >= 11 is 6.11. The highest BCUT2D eigenvalue weighted by atomic mass is 35.5. The predicted molar refractivity (Wildman–Crippen MR) is 94.1 cm³/mol. The molecule has 0 saturated carbocycles. The van der Waals surface area contributed by atoms with Crippen LogP contribution in [0.15, 0.2) is 47.5 Å². The van der Waals surface area contributed by atoms with Crippen molar-refractivity contribution >= 4 is 23.3 Å². The van der Waals surface area contributed by atoms with Crippen molar-refractivity contribution in [1.82, 2.24) is 4.98 Å². The number of nitrogens with zero attached hydrogens (tertiary/aromatic N) is 2. The topological polar surface area (TPSA) is 46.5 Å². The van der Waals surface area contributed by atoms with E-state index >= 15 is 0 Å². The summed E-state index contributed by atoms with van der Waals surface area (Å²) < 4.78 is 6.21. The summed E-state index contributed by atoms with van der Waals surface area (Å²) in [7, 11) is 0. The fourth-order valence-corrected chi connectivity index (χ4v) is 2.79. The van der Waals surface area contributed by atoms with Crippen molar-refractivity contribution in [3.63, 3.8) is 0 Å². The molecule has 0 bridgehead atoms. The van der Waals surface area contributed by atoms with Gasteiger partial charge in [0.15, 0.2) is 5.60 Å². The highest BCUT2D eigenvalue weighted by molar-refractivity contribution is 6.29. The van der Waals surface area contributed by atoms with E-state index in [4.69, 9.17) is 16.3 Å². The van der Waals surface area contributed by atoms with Crippen LogP contribution in [0.2, 0.25) is 5.15 Å². The van der Waals surface area contributed by atoms with E-state index in [2.05, 4.69) is 22.2 Å². The molecule has 0 amide bonds. The van der Waals surface area contributed by atoms with Crippen LogP contribution in [0, 0.1) is 0 Å². The molecule has 2 aromatic rings. The summed E-state index contributed by atoms with van der Waals surface area (Å²) in [6.45, 7) is 4.88. The second-order valence-corrected chi connectivity index (χ2v) is 6.08. The Morgan fingerprint density at radius 3 is 2.74 bits per heavy atom. The first-order valence-corrected chi connectivity index (χ1v) is 8.24. The van der Waals surface area contributed by atoms with Crippen molar-refractivity contribution in [3.05, 3.63) is 58.9 Å². The minimum atomic E-state index is -0.724. The zero-order valence-corrected chi connectivity index (χ0v) is 14.1. The molecule has 1 atom stereocenters. The van der Waals surface area contributed by atoms with E-state index in [-0.39, 0.29) is 0 Å². The van der Waals surface area contributed by atoms with Crippen molar-refractivity contribution in [2.75, 3.05) is 11.9 Å². The number of fused-ring (bicyclic) bond motifs is 1. The normalized spacial score (nSPS) is 21.4. The molecule has 2 heterocycles. The minimum Gasteiger partial charge on any atom is -0.447 e. The molecule has 1 unspecified atom stereocenters. The standard InChI is InChI=1S/C18H20ClN3O/c1-3-4-12-20-17-21-14-10-11-15(19)22-16(14)18(2,23-17)13-8-6-5-7-9-13/h5-11H,3-4,12H2,1-2H3,(H,20,21). The fourth-order valence-electron chi connectivity index (χ4n) is 2.64. The van der Waals surface area contributed by atoms with Crippen LogP contribution < -0.4 is 5.32 Å². The number of aliphatic imine (C=N–C) groups is 1. The van der Waals surface area contributed by atoms with Crippen molar-refractivity contribution in [2.45, 2.75) is 32.3 Å². The van der Waals surface area contributed by atoms with E-state index in [9.17, 15) is 0 Å². The summed E-state index contributed by atoms with van der Waals surface area (Å²) in [5, 5.41) is 3.66. The first-order chi connectivity index (χ1) is 11.1. The maximum absolute atomic E-state index is 6.21. The van der Waals surface area contributed by atoms with Gasteiger partial charge in [0.05, 0.1) is 5.69 Å². The maximum Gasteiger partial charge on any atom is 0.290 e. The summed E-state index contributed by atoms with van der Waals surface area (Å²) in [5.41, 5.74) is 1.94. The van der Waals surface area contributed by atoms with Crippen molar-refractivity contribution in [3.8, 4) is 0 Å². The van der Waals surface area contributed by atoms with Gasteiger partial charge in [-0.2, -0.15) is 0 Å². The molecule has 23 heavy (non-hydrogen) atoms. The molecule has 1 N–H and O–H groups in total. The van der Waals surface area contributed by atoms with E-state index in [1.54, 1.807) is 6.07 Å². The fraction of sp³-hybridized carbons (Fsp3) is 0.333. The van der Waals surface area contributed by atoms with Gasteiger partial charge < -0.3 is 10.1 Å².